The summed E-state index contributed by atoms with van der Waals surface area (Å²) in [6.45, 7) is 8.01. The van der Waals surface area contributed by atoms with E-state index < -0.39 is 27.5 Å². The summed E-state index contributed by atoms with van der Waals surface area (Å²) >= 11 is 6.46. The summed E-state index contributed by atoms with van der Waals surface area (Å²) in [5.74, 6) is 0.436. The van der Waals surface area contributed by atoms with Crippen LogP contribution in [0.2, 0.25) is 5.02 Å². The van der Waals surface area contributed by atoms with Crippen LogP contribution in [0.25, 0.3) is 0 Å². The molecule has 10 nitrogen and oxygen atoms in total. The quantitative estimate of drug-likeness (QED) is 0.323. The lowest BCUT2D eigenvalue weighted by atomic mass is 9.61. The van der Waals surface area contributed by atoms with Crippen molar-refractivity contribution in [1.82, 2.24) is 10.0 Å². The molecule has 272 valence electrons. The molecule has 2 fully saturated rings. The molecule has 12 heteroatoms. The van der Waals surface area contributed by atoms with E-state index in [0.29, 0.717) is 55.6 Å². The lowest BCUT2D eigenvalue weighted by Crippen LogP contribution is -2.57. The van der Waals surface area contributed by atoms with E-state index >= 15 is 0 Å². The van der Waals surface area contributed by atoms with Crippen molar-refractivity contribution < 1.29 is 28.0 Å². The second kappa shape index (κ2) is 14.9. The van der Waals surface area contributed by atoms with Crippen molar-refractivity contribution in [3.8, 4) is 5.75 Å². The van der Waals surface area contributed by atoms with Crippen LogP contribution in [0.3, 0.4) is 0 Å². The molecule has 0 saturated heterocycles. The highest BCUT2D eigenvalue weighted by atomic mass is 35.5. The first-order chi connectivity index (χ1) is 23.8. The molecule has 2 aromatic rings. The second-order valence-electron chi connectivity index (χ2n) is 15.0. The number of carbonyl (C=O) groups is 2. The van der Waals surface area contributed by atoms with Crippen LogP contribution in [0.15, 0.2) is 52.9 Å². The van der Waals surface area contributed by atoms with Crippen LogP contribution in [-0.2, 0) is 32.4 Å². The van der Waals surface area contributed by atoms with Crippen molar-refractivity contribution in [3.63, 3.8) is 0 Å². The molecule has 5 aliphatic rings. The number of allylic oxidation sites excluding steroid dienone is 1. The fourth-order valence-corrected chi connectivity index (χ4v) is 10.0. The van der Waals surface area contributed by atoms with E-state index in [0.717, 1.165) is 31.4 Å². The van der Waals surface area contributed by atoms with Crippen molar-refractivity contribution in [2.75, 3.05) is 38.0 Å². The normalized spacial score (nSPS) is 33.6. The Kier molecular flexibility index (Phi) is 10.9. The molecule has 5 atom stereocenters. The average Bonchev–Trinajstić information content (AvgIpc) is 3.08. The molecule has 0 spiro atoms. The molecule has 2 N–H and O–H groups in total. The summed E-state index contributed by atoms with van der Waals surface area (Å²) < 4.78 is 39.4. The molecule has 3 amide bonds. The smallest absolute Gasteiger partial charge is 0.327 e. The number of amides is 3. The molecule has 2 aliphatic carbocycles. The first kappa shape index (κ1) is 36.7. The molecule has 3 aliphatic heterocycles. The van der Waals surface area contributed by atoms with Gasteiger partial charge in [-0.05, 0) is 111 Å². The van der Waals surface area contributed by atoms with E-state index in [1.165, 1.54) is 11.1 Å². The van der Waals surface area contributed by atoms with Gasteiger partial charge in [0.05, 0.1) is 29.2 Å². The fourth-order valence-electron chi connectivity index (χ4n) is 7.98. The van der Waals surface area contributed by atoms with Gasteiger partial charge in [0.15, 0.2) is 0 Å². The monoisotopic (exact) mass is 726 g/mol. The van der Waals surface area contributed by atoms with E-state index in [-0.39, 0.29) is 34.8 Å². The van der Waals surface area contributed by atoms with Gasteiger partial charge in [-0.2, -0.15) is 0 Å². The molecule has 2 saturated carbocycles. The van der Waals surface area contributed by atoms with Gasteiger partial charge in [-0.25, -0.2) is 9.00 Å². The molecular weight excluding hydrogens is 676 g/mol. The summed E-state index contributed by atoms with van der Waals surface area (Å²) in [6.07, 6.45) is 9.64. The van der Waals surface area contributed by atoms with Crippen molar-refractivity contribution in [1.29, 1.82) is 0 Å². The SMILES string of the molecule is CO[C@@]12/C=C/C[C@H](C)CS(=O)(NC(=O)N[C@H]3C[C@@](C)(OC)C3)=NC(=O)c3ccc4c(c3)N(Cc3ccc(Cl)cc3CCCCO4)C[C@H](C1)[C@H]2C. The predicted molar refractivity (Wildman–Crippen MR) is 197 cm³/mol. The number of carbonyl (C=O) groups excluding carboxylic acids is 2. The van der Waals surface area contributed by atoms with Crippen molar-refractivity contribution in [2.45, 2.75) is 89.5 Å². The number of nitrogens with one attached hydrogen (secondary N) is 2. The Morgan fingerprint density at radius 3 is 2.62 bits per heavy atom. The van der Waals surface area contributed by atoms with Crippen LogP contribution in [0, 0.1) is 17.8 Å². The minimum Gasteiger partial charge on any atom is -0.491 e. The van der Waals surface area contributed by atoms with Crippen LogP contribution in [0.1, 0.15) is 80.8 Å². The lowest BCUT2D eigenvalue weighted by Gasteiger charge is -2.53. The summed E-state index contributed by atoms with van der Waals surface area (Å²) in [5.41, 5.74) is 2.72. The van der Waals surface area contributed by atoms with Crippen LogP contribution < -0.4 is 19.7 Å². The van der Waals surface area contributed by atoms with E-state index in [4.69, 9.17) is 25.8 Å². The van der Waals surface area contributed by atoms with Gasteiger partial charge < -0.3 is 24.4 Å². The number of methoxy groups -OCH3 is 2. The molecule has 3 heterocycles. The Bertz CT molecular complexity index is 1750. The highest BCUT2D eigenvalue weighted by molar-refractivity contribution is 7.92. The van der Waals surface area contributed by atoms with Gasteiger partial charge in [0.2, 0.25) is 0 Å². The minimum absolute atomic E-state index is 0.00857. The Morgan fingerprint density at radius 2 is 1.88 bits per heavy atom. The Balaban J connectivity index is 1.39. The Hall–Kier alpha value is -3.12. The number of aryl methyl sites for hydroxylation is 1. The molecular formula is C38H51ClN4O6S. The lowest BCUT2D eigenvalue weighted by molar-refractivity contribution is -0.116. The second-order valence-corrected chi connectivity index (χ2v) is 17.4. The third-order valence-corrected chi connectivity index (χ3v) is 13.4. The number of hydrogen-bond donors (Lipinski definition) is 2. The largest absolute Gasteiger partial charge is 0.491 e. The maximum Gasteiger partial charge on any atom is 0.327 e. The molecule has 50 heavy (non-hydrogen) atoms. The highest BCUT2D eigenvalue weighted by Gasteiger charge is 2.50. The van der Waals surface area contributed by atoms with Crippen LogP contribution in [0.4, 0.5) is 10.5 Å². The van der Waals surface area contributed by atoms with E-state index in [1.54, 1.807) is 26.4 Å². The number of ether oxygens (including phenoxy) is 3. The third-order valence-electron chi connectivity index (χ3n) is 11.2. The maximum absolute atomic E-state index is 14.5. The van der Waals surface area contributed by atoms with Crippen molar-refractivity contribution in [2.24, 2.45) is 22.1 Å². The van der Waals surface area contributed by atoms with Gasteiger partial charge in [-0.15, -0.1) is 4.36 Å². The molecule has 0 radical (unpaired) electrons. The standard InChI is InChI=1S/C38H51ClN4O6S/c1-25-9-8-15-38(48-5)19-30(26(38)2)23-43-22-29-11-13-31(39)17-27(29)10-6-7-16-49-34-14-12-28(18-33(34)43)35(44)41-50(46,24-25)42-36(45)40-32-20-37(3,21-32)47-4/h8,11-15,17-18,25-26,30,32H,6-7,9-10,16,19-24H2,1-5H3,(H2,40,41,42,44,45,46)/b15-8+/t25-,26+,30-,32-,37+,38-,50?/m0/s1. The Morgan fingerprint density at radius 1 is 1.08 bits per heavy atom. The van der Waals surface area contributed by atoms with Gasteiger partial charge in [-0.3, -0.25) is 9.52 Å². The van der Waals surface area contributed by atoms with Gasteiger partial charge in [0.25, 0.3) is 5.91 Å². The highest BCUT2D eigenvalue weighted by Crippen LogP contribution is 2.49. The van der Waals surface area contributed by atoms with E-state index in [9.17, 15) is 13.8 Å². The number of fused-ring (bicyclic) bond motifs is 6. The van der Waals surface area contributed by atoms with Gasteiger partial charge in [0, 0.05) is 43.9 Å². The fraction of sp³-hybridized carbons (Fsp3) is 0.579. The third kappa shape index (κ3) is 8.01. The van der Waals surface area contributed by atoms with Gasteiger partial charge in [0.1, 0.15) is 15.7 Å². The molecule has 0 aromatic heterocycles. The number of hydrogen-bond acceptors (Lipinski definition) is 7. The Labute approximate surface area is 302 Å². The van der Waals surface area contributed by atoms with E-state index in [2.05, 4.69) is 50.5 Å². The van der Waals surface area contributed by atoms with Gasteiger partial charge in [-0.1, -0.05) is 43.7 Å². The zero-order valence-corrected chi connectivity index (χ0v) is 31.4. The van der Waals surface area contributed by atoms with Crippen LogP contribution in [0.5, 0.6) is 5.75 Å². The number of nitrogens with zero attached hydrogens (tertiary/aromatic N) is 2. The van der Waals surface area contributed by atoms with Crippen LogP contribution >= 0.6 is 11.6 Å². The minimum atomic E-state index is -3.51. The topological polar surface area (TPSA) is 119 Å². The number of anilines is 1. The number of halogens is 1. The maximum atomic E-state index is 14.5. The summed E-state index contributed by atoms with van der Waals surface area (Å²) in [6, 6.07) is 10.6. The molecule has 7 rings (SSSR count). The summed E-state index contributed by atoms with van der Waals surface area (Å²) in [7, 11) is -0.0960. The zero-order chi connectivity index (χ0) is 35.7. The first-order valence-corrected chi connectivity index (χ1v) is 19.8. The van der Waals surface area contributed by atoms with Crippen molar-refractivity contribution >= 4 is 39.1 Å². The molecule has 1 unspecified atom stereocenters. The first-order valence-electron chi connectivity index (χ1n) is 17.8. The number of rotatable bonds is 4. The predicted octanol–water partition coefficient (Wildman–Crippen LogP) is 7.09. The number of urea groups is 1. The van der Waals surface area contributed by atoms with E-state index in [1.807, 2.05) is 26.0 Å². The van der Waals surface area contributed by atoms with Gasteiger partial charge >= 0.3 is 6.03 Å². The number of benzene rings is 2. The summed E-state index contributed by atoms with van der Waals surface area (Å²) in [4.78, 5) is 29.4. The zero-order valence-electron chi connectivity index (χ0n) is 29.8. The molecule has 2 aromatic carbocycles. The summed E-state index contributed by atoms with van der Waals surface area (Å²) in [5, 5.41) is 3.60. The van der Waals surface area contributed by atoms with Crippen LogP contribution in [-0.4, -0.2) is 66.5 Å². The average molecular weight is 727 g/mol. The van der Waals surface area contributed by atoms with Crippen molar-refractivity contribution in [3.05, 3.63) is 70.3 Å². The molecule has 4 bridgehead atoms.